The van der Waals surface area contributed by atoms with Gasteiger partial charge in [0.15, 0.2) is 5.58 Å². The van der Waals surface area contributed by atoms with Gasteiger partial charge in [0.1, 0.15) is 5.82 Å². The number of benzene rings is 2. The predicted octanol–water partition coefficient (Wildman–Crippen LogP) is 4.04. The summed E-state index contributed by atoms with van der Waals surface area (Å²) in [4.78, 5) is 11.9. The number of nitrogens with zero attached hydrogens (tertiary/aromatic N) is 1. The lowest BCUT2D eigenvalue weighted by molar-refractivity contribution is 0.517. The molecule has 0 unspecified atom stereocenters. The number of aromatic nitrogens is 1. The summed E-state index contributed by atoms with van der Waals surface area (Å²) in [5, 5.41) is 0.0397. The van der Waals surface area contributed by atoms with E-state index in [0.717, 1.165) is 9.13 Å². The highest BCUT2D eigenvalue weighted by atomic mass is 127. The first kappa shape index (κ1) is 13.6. The largest absolute Gasteiger partial charge is 0.420 e. The Labute approximate surface area is 132 Å². The second kappa shape index (κ2) is 5.21. The molecule has 0 fully saturated rings. The van der Waals surface area contributed by atoms with Crippen LogP contribution in [0.15, 0.2) is 45.6 Å². The van der Waals surface area contributed by atoms with Gasteiger partial charge in [-0.1, -0.05) is 17.7 Å². The van der Waals surface area contributed by atoms with E-state index >= 15 is 0 Å². The minimum Gasteiger partial charge on any atom is -0.408 e. The van der Waals surface area contributed by atoms with Gasteiger partial charge in [-0.2, -0.15) is 0 Å². The van der Waals surface area contributed by atoms with Gasteiger partial charge in [0.05, 0.1) is 17.1 Å². The van der Waals surface area contributed by atoms with Crippen LogP contribution in [0.2, 0.25) is 5.02 Å². The molecule has 102 valence electrons. The van der Waals surface area contributed by atoms with E-state index in [2.05, 4.69) is 22.6 Å². The molecule has 20 heavy (non-hydrogen) atoms. The molecule has 0 aliphatic carbocycles. The summed E-state index contributed by atoms with van der Waals surface area (Å²) in [6.07, 6.45) is 0. The van der Waals surface area contributed by atoms with Gasteiger partial charge in [0, 0.05) is 3.57 Å². The second-order valence-corrected chi connectivity index (χ2v) is 5.97. The molecule has 1 aromatic heterocycles. The Morgan fingerprint density at radius 2 is 2.05 bits per heavy atom. The summed E-state index contributed by atoms with van der Waals surface area (Å²) < 4.78 is 20.8. The van der Waals surface area contributed by atoms with Crippen LogP contribution in [0.3, 0.4) is 0 Å². The highest BCUT2D eigenvalue weighted by molar-refractivity contribution is 14.1. The molecule has 0 saturated heterocycles. The second-order valence-electron chi connectivity index (χ2n) is 4.31. The van der Waals surface area contributed by atoms with Crippen LogP contribution in [0.1, 0.15) is 5.56 Å². The molecule has 0 spiro atoms. The van der Waals surface area contributed by atoms with Crippen LogP contribution in [0.4, 0.5) is 4.39 Å². The van der Waals surface area contributed by atoms with Crippen molar-refractivity contribution in [3.05, 3.63) is 66.9 Å². The average molecular weight is 404 g/mol. The number of oxazole rings is 1. The normalized spacial score (nSPS) is 11.2. The van der Waals surface area contributed by atoms with Crippen molar-refractivity contribution in [1.82, 2.24) is 4.57 Å². The van der Waals surface area contributed by atoms with Crippen LogP contribution >= 0.6 is 34.2 Å². The van der Waals surface area contributed by atoms with Crippen molar-refractivity contribution in [2.75, 3.05) is 0 Å². The van der Waals surface area contributed by atoms with Crippen molar-refractivity contribution < 1.29 is 8.81 Å². The van der Waals surface area contributed by atoms with Crippen LogP contribution < -0.4 is 5.76 Å². The van der Waals surface area contributed by atoms with E-state index in [1.165, 1.54) is 16.7 Å². The molecule has 0 saturated carbocycles. The smallest absolute Gasteiger partial charge is 0.408 e. The summed E-state index contributed by atoms with van der Waals surface area (Å²) in [6.45, 7) is 0.284. The van der Waals surface area contributed by atoms with E-state index in [1.54, 1.807) is 12.1 Å². The van der Waals surface area contributed by atoms with E-state index in [0.29, 0.717) is 11.1 Å². The Morgan fingerprint density at radius 1 is 1.25 bits per heavy atom. The molecule has 0 bridgehead atoms. The van der Waals surface area contributed by atoms with Crippen LogP contribution in [0.25, 0.3) is 11.1 Å². The summed E-state index contributed by atoms with van der Waals surface area (Å²) >= 11 is 7.90. The number of halogens is 3. The van der Waals surface area contributed by atoms with Crippen molar-refractivity contribution in [3.63, 3.8) is 0 Å². The Balaban J connectivity index is 2.08. The molecule has 3 rings (SSSR count). The Hall–Kier alpha value is -1.34. The van der Waals surface area contributed by atoms with Crippen LogP contribution in [-0.2, 0) is 6.54 Å². The van der Waals surface area contributed by atoms with Gasteiger partial charge < -0.3 is 4.42 Å². The summed E-state index contributed by atoms with van der Waals surface area (Å²) in [6, 6.07) is 9.91. The fourth-order valence-electron chi connectivity index (χ4n) is 2.01. The van der Waals surface area contributed by atoms with Crippen molar-refractivity contribution in [2.24, 2.45) is 0 Å². The van der Waals surface area contributed by atoms with E-state index in [1.807, 2.05) is 12.1 Å². The predicted molar refractivity (Wildman–Crippen MR) is 83.7 cm³/mol. The summed E-state index contributed by atoms with van der Waals surface area (Å²) in [5.74, 6) is -0.920. The highest BCUT2D eigenvalue weighted by Gasteiger charge is 2.10. The lowest BCUT2D eigenvalue weighted by Gasteiger charge is -2.04. The Bertz CT molecular complexity index is 856. The number of rotatable bonds is 2. The minimum absolute atomic E-state index is 0.0397. The van der Waals surface area contributed by atoms with Crippen LogP contribution in [0, 0.1) is 9.39 Å². The third-order valence-electron chi connectivity index (χ3n) is 2.96. The van der Waals surface area contributed by atoms with Crippen molar-refractivity contribution in [2.45, 2.75) is 6.54 Å². The molecular weight excluding hydrogens is 396 g/mol. The molecule has 0 amide bonds. The molecule has 0 aliphatic rings. The molecule has 2 aromatic carbocycles. The van der Waals surface area contributed by atoms with Gasteiger partial charge in [-0.25, -0.2) is 9.18 Å². The number of hydrogen-bond acceptors (Lipinski definition) is 2. The fraction of sp³-hybridized carbons (Fsp3) is 0.0714. The lowest BCUT2D eigenvalue weighted by atomic mass is 10.2. The Kier molecular flexibility index (Phi) is 3.55. The highest BCUT2D eigenvalue weighted by Crippen LogP contribution is 2.20. The third-order valence-corrected chi connectivity index (χ3v) is 3.92. The molecular formula is C14H8ClFINO2. The maximum absolute atomic E-state index is 13.1. The van der Waals surface area contributed by atoms with Crippen molar-refractivity contribution in [3.8, 4) is 0 Å². The standard InChI is InChI=1S/C14H8ClFINO2/c15-10-5-8(1-3-11(10)16)7-18-12-4-2-9(17)6-13(12)20-14(18)19/h1-6H,7H2. The topological polar surface area (TPSA) is 35.1 Å². The molecule has 0 N–H and O–H groups in total. The molecule has 6 heteroatoms. The van der Waals surface area contributed by atoms with Crippen molar-refractivity contribution >= 4 is 45.3 Å². The van der Waals surface area contributed by atoms with Gasteiger partial charge in [0.2, 0.25) is 0 Å². The summed E-state index contributed by atoms with van der Waals surface area (Å²) in [5.41, 5.74) is 1.98. The number of fused-ring (bicyclic) bond motifs is 1. The molecule has 3 aromatic rings. The van der Waals surface area contributed by atoms with Gasteiger partial charge in [-0.15, -0.1) is 0 Å². The minimum atomic E-state index is -0.477. The van der Waals surface area contributed by atoms with Crippen LogP contribution in [0.5, 0.6) is 0 Å². The van der Waals surface area contributed by atoms with Gasteiger partial charge in [-0.05, 0) is 58.5 Å². The first-order chi connectivity index (χ1) is 9.54. The summed E-state index contributed by atoms with van der Waals surface area (Å²) in [7, 11) is 0. The maximum atomic E-state index is 13.1. The quantitative estimate of drug-likeness (QED) is 0.606. The molecule has 0 radical (unpaired) electrons. The molecule has 0 atom stereocenters. The zero-order valence-electron chi connectivity index (χ0n) is 10.1. The average Bonchev–Trinajstić information content (AvgIpc) is 2.69. The van der Waals surface area contributed by atoms with Gasteiger partial charge in [-0.3, -0.25) is 4.57 Å². The monoisotopic (exact) mass is 403 g/mol. The first-order valence-corrected chi connectivity index (χ1v) is 7.23. The number of hydrogen-bond donors (Lipinski definition) is 0. The van der Waals surface area contributed by atoms with E-state index in [4.69, 9.17) is 16.0 Å². The lowest BCUT2D eigenvalue weighted by Crippen LogP contribution is -2.14. The maximum Gasteiger partial charge on any atom is 0.420 e. The third kappa shape index (κ3) is 2.47. The van der Waals surface area contributed by atoms with Gasteiger partial charge in [0.25, 0.3) is 0 Å². The first-order valence-electron chi connectivity index (χ1n) is 5.77. The molecule has 1 heterocycles. The van der Waals surface area contributed by atoms with E-state index < -0.39 is 11.6 Å². The fourth-order valence-corrected chi connectivity index (χ4v) is 2.68. The van der Waals surface area contributed by atoms with Gasteiger partial charge >= 0.3 is 5.76 Å². The van der Waals surface area contributed by atoms with Crippen LogP contribution in [-0.4, -0.2) is 4.57 Å². The SMILES string of the molecule is O=c1oc2cc(I)ccc2n1Cc1ccc(F)c(Cl)c1. The zero-order chi connectivity index (χ0) is 14.3. The van der Waals surface area contributed by atoms with Crippen molar-refractivity contribution in [1.29, 1.82) is 0 Å². The van der Waals surface area contributed by atoms with E-state index in [9.17, 15) is 9.18 Å². The van der Waals surface area contributed by atoms with E-state index in [-0.39, 0.29) is 11.6 Å². The molecule has 3 nitrogen and oxygen atoms in total. The zero-order valence-corrected chi connectivity index (χ0v) is 13.0. The Morgan fingerprint density at radius 3 is 2.80 bits per heavy atom. The molecule has 0 aliphatic heterocycles.